The maximum atomic E-state index is 2.45. The molecule has 1 heteroatoms. The molecule has 0 fully saturated rings. The average Bonchev–Trinajstić information content (AvgIpc) is 2.67. The molecule has 0 radical (unpaired) electrons. The number of quaternary nitrogens is 1. The van der Waals surface area contributed by atoms with Crippen molar-refractivity contribution in [3.63, 3.8) is 0 Å². The molecule has 0 aliphatic carbocycles. The molecule has 0 saturated heterocycles. The molecule has 0 rings (SSSR count). The monoisotopic (exact) mass is 396 g/mol. The van der Waals surface area contributed by atoms with E-state index < -0.39 is 0 Å². The zero-order valence-electron chi connectivity index (χ0n) is 20.9. The lowest BCUT2D eigenvalue weighted by atomic mass is 9.99. The first kappa shape index (κ1) is 28.0. The van der Waals surface area contributed by atoms with Crippen molar-refractivity contribution in [2.75, 3.05) is 27.2 Å². The molecule has 1 atom stereocenters. The summed E-state index contributed by atoms with van der Waals surface area (Å²) in [6, 6.07) is 0. The predicted octanol–water partition coefficient (Wildman–Crippen LogP) is 9.15. The van der Waals surface area contributed by atoms with Gasteiger partial charge in [-0.15, -0.1) is 0 Å². The molecule has 0 aliphatic rings. The molecule has 1 nitrogen and oxygen atoms in total. The van der Waals surface area contributed by atoms with E-state index in [0.717, 1.165) is 5.92 Å². The van der Waals surface area contributed by atoms with Crippen LogP contribution in [-0.4, -0.2) is 31.7 Å². The molecular weight excluding hydrogens is 338 g/mol. The molecule has 28 heavy (non-hydrogen) atoms. The Hall–Kier alpha value is -0.0400. The molecule has 0 amide bonds. The number of rotatable bonds is 22. The fourth-order valence-electron chi connectivity index (χ4n) is 4.71. The highest BCUT2D eigenvalue weighted by Crippen LogP contribution is 2.17. The lowest BCUT2D eigenvalue weighted by Gasteiger charge is -2.33. The zero-order chi connectivity index (χ0) is 20.9. The summed E-state index contributed by atoms with van der Waals surface area (Å²) in [5.74, 6) is 0.932. The SMILES string of the molecule is CCCCCCCCCCCCCCCCCC[N+](C)(C)CC(CC)CCC. The van der Waals surface area contributed by atoms with Crippen LogP contribution in [0.2, 0.25) is 0 Å². The van der Waals surface area contributed by atoms with E-state index in [1.54, 1.807) is 0 Å². The highest BCUT2D eigenvalue weighted by molar-refractivity contribution is 4.56. The van der Waals surface area contributed by atoms with Crippen molar-refractivity contribution in [2.45, 2.75) is 143 Å². The molecular formula is C27H58N+. The van der Waals surface area contributed by atoms with Gasteiger partial charge in [0, 0.05) is 5.92 Å². The van der Waals surface area contributed by atoms with Crippen LogP contribution in [0.5, 0.6) is 0 Å². The first-order valence-electron chi connectivity index (χ1n) is 13.4. The molecule has 0 spiro atoms. The molecule has 0 heterocycles. The minimum Gasteiger partial charge on any atom is -0.328 e. The Balaban J connectivity index is 3.34. The van der Waals surface area contributed by atoms with Gasteiger partial charge in [-0.25, -0.2) is 0 Å². The summed E-state index contributed by atoms with van der Waals surface area (Å²) >= 11 is 0. The van der Waals surface area contributed by atoms with Gasteiger partial charge in [0.2, 0.25) is 0 Å². The fraction of sp³-hybridized carbons (Fsp3) is 1.00. The van der Waals surface area contributed by atoms with Crippen molar-refractivity contribution in [2.24, 2.45) is 5.92 Å². The van der Waals surface area contributed by atoms with Crippen LogP contribution in [-0.2, 0) is 0 Å². The van der Waals surface area contributed by atoms with Gasteiger partial charge < -0.3 is 4.48 Å². The summed E-state index contributed by atoms with van der Waals surface area (Å²) in [4.78, 5) is 0. The average molecular weight is 397 g/mol. The summed E-state index contributed by atoms with van der Waals surface area (Å²) in [6.45, 7) is 9.76. The third-order valence-electron chi connectivity index (χ3n) is 6.64. The largest absolute Gasteiger partial charge is 0.328 e. The lowest BCUT2D eigenvalue weighted by Crippen LogP contribution is -2.44. The van der Waals surface area contributed by atoms with Gasteiger partial charge >= 0.3 is 0 Å². The first-order valence-corrected chi connectivity index (χ1v) is 13.4. The second-order valence-electron chi connectivity index (χ2n) is 10.2. The molecule has 0 aromatic rings. The highest BCUT2D eigenvalue weighted by atomic mass is 15.3. The summed E-state index contributed by atoms with van der Waals surface area (Å²) in [6.07, 6.45) is 27.5. The maximum absolute atomic E-state index is 2.45. The lowest BCUT2D eigenvalue weighted by molar-refractivity contribution is -0.894. The second-order valence-corrected chi connectivity index (χ2v) is 10.2. The van der Waals surface area contributed by atoms with Crippen LogP contribution in [0, 0.1) is 5.92 Å². The fourth-order valence-corrected chi connectivity index (χ4v) is 4.71. The Labute approximate surface area is 180 Å². The van der Waals surface area contributed by atoms with Gasteiger partial charge in [-0.1, -0.05) is 117 Å². The number of unbranched alkanes of at least 4 members (excludes halogenated alkanes) is 15. The summed E-state index contributed by atoms with van der Waals surface area (Å²) in [5, 5.41) is 0. The van der Waals surface area contributed by atoms with Crippen molar-refractivity contribution in [1.29, 1.82) is 0 Å². The summed E-state index contributed by atoms with van der Waals surface area (Å²) in [7, 11) is 4.90. The maximum Gasteiger partial charge on any atom is 0.0810 e. The minimum absolute atomic E-state index is 0.932. The Kier molecular flexibility index (Phi) is 20.2. The standard InChI is InChI=1S/C27H58N/c1-6-9-10-11-12-13-14-15-16-17-18-19-20-21-22-23-25-28(4,5)26-27(8-3)24-7-2/h27H,6-26H2,1-5H3/q+1. The molecule has 0 N–H and O–H groups in total. The third-order valence-corrected chi connectivity index (χ3v) is 6.64. The van der Waals surface area contributed by atoms with Crippen LogP contribution in [0.3, 0.4) is 0 Å². The Bertz CT molecular complexity index is 297. The van der Waals surface area contributed by atoms with Crippen LogP contribution in [0.1, 0.15) is 143 Å². The summed E-state index contributed by atoms with van der Waals surface area (Å²) in [5.41, 5.74) is 0. The van der Waals surface area contributed by atoms with Gasteiger partial charge in [0.05, 0.1) is 27.2 Å². The van der Waals surface area contributed by atoms with Gasteiger partial charge in [-0.3, -0.25) is 0 Å². The van der Waals surface area contributed by atoms with Crippen LogP contribution < -0.4 is 0 Å². The van der Waals surface area contributed by atoms with E-state index in [1.165, 1.54) is 140 Å². The quantitative estimate of drug-likeness (QED) is 0.126. The Morgan fingerprint density at radius 3 is 1.25 bits per heavy atom. The smallest absolute Gasteiger partial charge is 0.0810 e. The van der Waals surface area contributed by atoms with E-state index in [-0.39, 0.29) is 0 Å². The first-order chi connectivity index (χ1) is 13.6. The Morgan fingerprint density at radius 1 is 0.500 bits per heavy atom. The van der Waals surface area contributed by atoms with Gasteiger partial charge in [0.1, 0.15) is 0 Å². The normalized spacial score (nSPS) is 13.2. The van der Waals surface area contributed by atoms with Crippen LogP contribution in [0.4, 0.5) is 0 Å². The van der Waals surface area contributed by atoms with Crippen molar-refractivity contribution in [1.82, 2.24) is 0 Å². The molecule has 170 valence electrons. The third kappa shape index (κ3) is 19.3. The van der Waals surface area contributed by atoms with Crippen molar-refractivity contribution in [3.05, 3.63) is 0 Å². The van der Waals surface area contributed by atoms with Crippen molar-refractivity contribution in [3.8, 4) is 0 Å². The van der Waals surface area contributed by atoms with Crippen LogP contribution >= 0.6 is 0 Å². The summed E-state index contributed by atoms with van der Waals surface area (Å²) < 4.78 is 1.23. The van der Waals surface area contributed by atoms with E-state index in [9.17, 15) is 0 Å². The molecule has 0 aliphatic heterocycles. The highest BCUT2D eigenvalue weighted by Gasteiger charge is 2.19. The minimum atomic E-state index is 0.932. The topological polar surface area (TPSA) is 0 Å². The molecule has 0 aromatic heterocycles. The number of nitrogens with zero attached hydrogens (tertiary/aromatic N) is 1. The van der Waals surface area contributed by atoms with Crippen molar-refractivity contribution >= 4 is 0 Å². The van der Waals surface area contributed by atoms with Crippen molar-refractivity contribution < 1.29 is 4.48 Å². The van der Waals surface area contributed by atoms with E-state index in [2.05, 4.69) is 34.9 Å². The van der Waals surface area contributed by atoms with Gasteiger partial charge in [-0.05, 0) is 25.7 Å². The number of hydrogen-bond donors (Lipinski definition) is 0. The van der Waals surface area contributed by atoms with E-state index in [1.807, 2.05) is 0 Å². The van der Waals surface area contributed by atoms with E-state index in [4.69, 9.17) is 0 Å². The number of hydrogen-bond acceptors (Lipinski definition) is 0. The Morgan fingerprint density at radius 2 is 0.893 bits per heavy atom. The van der Waals surface area contributed by atoms with E-state index in [0.29, 0.717) is 0 Å². The zero-order valence-corrected chi connectivity index (χ0v) is 20.9. The molecule has 0 aromatic carbocycles. The van der Waals surface area contributed by atoms with Crippen LogP contribution in [0.25, 0.3) is 0 Å². The molecule has 0 saturated carbocycles. The molecule has 0 bridgehead atoms. The van der Waals surface area contributed by atoms with Gasteiger partial charge in [-0.2, -0.15) is 0 Å². The van der Waals surface area contributed by atoms with Gasteiger partial charge in [0.25, 0.3) is 0 Å². The van der Waals surface area contributed by atoms with E-state index >= 15 is 0 Å². The van der Waals surface area contributed by atoms with Crippen LogP contribution in [0.15, 0.2) is 0 Å². The van der Waals surface area contributed by atoms with Gasteiger partial charge in [0.15, 0.2) is 0 Å². The predicted molar refractivity (Wildman–Crippen MR) is 130 cm³/mol. The second kappa shape index (κ2) is 20.2. The molecule has 1 unspecified atom stereocenters.